The highest BCUT2D eigenvalue weighted by atomic mass is 16.5. The molecule has 156 valence electrons. The molecule has 5 nitrogen and oxygen atoms in total. The van der Waals surface area contributed by atoms with Crippen LogP contribution < -0.4 is 10.1 Å². The topological polar surface area (TPSA) is 58.6 Å². The van der Waals surface area contributed by atoms with Gasteiger partial charge in [-0.25, -0.2) is 0 Å². The van der Waals surface area contributed by atoms with Crippen LogP contribution in [0.4, 0.5) is 5.69 Å². The highest BCUT2D eigenvalue weighted by molar-refractivity contribution is 6.36. The fourth-order valence-corrected chi connectivity index (χ4v) is 3.58. The number of benzene rings is 3. The second kappa shape index (κ2) is 8.88. The van der Waals surface area contributed by atoms with Crippen molar-refractivity contribution in [3.8, 4) is 5.75 Å². The lowest BCUT2D eigenvalue weighted by atomic mass is 10.0. The van der Waals surface area contributed by atoms with Gasteiger partial charge in [0.15, 0.2) is 0 Å². The molecule has 0 atom stereocenters. The molecule has 0 radical (unpaired) electrons. The number of hydrogen-bond acceptors (Lipinski definition) is 4. The first-order valence-corrected chi connectivity index (χ1v) is 10.2. The molecule has 31 heavy (non-hydrogen) atoms. The van der Waals surface area contributed by atoms with E-state index in [4.69, 9.17) is 4.74 Å². The second-order valence-corrected chi connectivity index (χ2v) is 7.47. The minimum Gasteiger partial charge on any atom is -0.497 e. The van der Waals surface area contributed by atoms with Gasteiger partial charge in [0.25, 0.3) is 11.8 Å². The molecule has 0 bridgehead atoms. The van der Waals surface area contributed by atoms with Crippen molar-refractivity contribution in [2.75, 3.05) is 19.0 Å². The summed E-state index contributed by atoms with van der Waals surface area (Å²) in [5, 5.41) is 3.19. The summed E-state index contributed by atoms with van der Waals surface area (Å²) in [5.41, 5.74) is 4.37. The number of nitrogens with zero attached hydrogens (tertiary/aromatic N) is 1. The van der Waals surface area contributed by atoms with Crippen molar-refractivity contribution in [3.05, 3.63) is 101 Å². The first kappa shape index (κ1) is 20.4. The van der Waals surface area contributed by atoms with Crippen LogP contribution in [-0.4, -0.2) is 30.4 Å². The predicted molar refractivity (Wildman–Crippen MR) is 122 cm³/mol. The zero-order valence-electron chi connectivity index (χ0n) is 17.6. The Hall–Kier alpha value is -3.86. The van der Waals surface area contributed by atoms with E-state index in [-0.39, 0.29) is 11.8 Å². The van der Waals surface area contributed by atoms with E-state index in [1.807, 2.05) is 85.8 Å². The molecule has 1 N–H and O–H groups in total. The smallest absolute Gasteiger partial charge is 0.278 e. The van der Waals surface area contributed by atoms with E-state index in [1.54, 1.807) is 7.11 Å². The molecule has 4 rings (SSSR count). The SMILES string of the molecule is COc1ccc(CCN2C(=O)C(Nc3ccc(C)cc3)=C(c3ccccc3)C2=O)cc1. The van der Waals surface area contributed by atoms with Crippen molar-refractivity contribution >= 4 is 23.1 Å². The summed E-state index contributed by atoms with van der Waals surface area (Å²) in [6.45, 7) is 2.31. The molecule has 0 saturated heterocycles. The van der Waals surface area contributed by atoms with Gasteiger partial charge < -0.3 is 10.1 Å². The number of amides is 2. The minimum absolute atomic E-state index is 0.278. The Morgan fingerprint density at radius 2 is 1.52 bits per heavy atom. The number of rotatable bonds is 7. The number of ether oxygens (including phenoxy) is 1. The molecular weight excluding hydrogens is 388 g/mol. The molecule has 0 fully saturated rings. The van der Waals surface area contributed by atoms with E-state index < -0.39 is 0 Å². The lowest BCUT2D eigenvalue weighted by molar-refractivity contribution is -0.136. The summed E-state index contributed by atoms with van der Waals surface area (Å²) in [7, 11) is 1.62. The Balaban J connectivity index is 1.60. The number of imide groups is 1. The van der Waals surface area contributed by atoms with Crippen LogP contribution in [0.5, 0.6) is 5.75 Å². The third-order valence-corrected chi connectivity index (χ3v) is 5.33. The molecule has 1 aliphatic rings. The van der Waals surface area contributed by atoms with Crippen molar-refractivity contribution in [1.82, 2.24) is 4.90 Å². The first-order valence-electron chi connectivity index (χ1n) is 10.2. The molecule has 0 aliphatic carbocycles. The summed E-state index contributed by atoms with van der Waals surface area (Å²) in [6, 6.07) is 24.7. The van der Waals surface area contributed by atoms with Crippen molar-refractivity contribution in [1.29, 1.82) is 0 Å². The molecule has 0 aromatic heterocycles. The molecule has 2 amide bonds. The quantitative estimate of drug-likeness (QED) is 0.583. The van der Waals surface area contributed by atoms with Gasteiger partial charge in [0.05, 0.1) is 12.7 Å². The highest BCUT2D eigenvalue weighted by Gasteiger charge is 2.38. The van der Waals surface area contributed by atoms with Gasteiger partial charge in [-0.2, -0.15) is 0 Å². The summed E-state index contributed by atoms with van der Waals surface area (Å²) in [6.07, 6.45) is 0.571. The van der Waals surface area contributed by atoms with Gasteiger partial charge in [-0.15, -0.1) is 0 Å². The second-order valence-electron chi connectivity index (χ2n) is 7.47. The van der Waals surface area contributed by atoms with E-state index in [0.29, 0.717) is 24.2 Å². The maximum Gasteiger partial charge on any atom is 0.278 e. The maximum atomic E-state index is 13.3. The average Bonchev–Trinajstić information content (AvgIpc) is 3.03. The van der Waals surface area contributed by atoms with Crippen molar-refractivity contribution in [2.24, 2.45) is 0 Å². The fourth-order valence-electron chi connectivity index (χ4n) is 3.58. The Morgan fingerprint density at radius 3 is 2.16 bits per heavy atom. The van der Waals surface area contributed by atoms with Crippen molar-refractivity contribution < 1.29 is 14.3 Å². The predicted octanol–water partition coefficient (Wildman–Crippen LogP) is 4.44. The van der Waals surface area contributed by atoms with Crippen LogP contribution in [0.3, 0.4) is 0 Å². The van der Waals surface area contributed by atoms with Gasteiger partial charge in [-0.05, 0) is 48.7 Å². The van der Waals surface area contributed by atoms with Crippen LogP contribution in [0.1, 0.15) is 16.7 Å². The normalized spacial score (nSPS) is 13.7. The summed E-state index contributed by atoms with van der Waals surface area (Å²) < 4.78 is 5.19. The molecule has 0 spiro atoms. The average molecular weight is 412 g/mol. The molecular formula is C26H24N2O3. The van der Waals surface area contributed by atoms with Crippen LogP contribution in [-0.2, 0) is 16.0 Å². The largest absolute Gasteiger partial charge is 0.497 e. The fraction of sp³-hybridized carbons (Fsp3) is 0.154. The number of hydrogen-bond donors (Lipinski definition) is 1. The number of methoxy groups -OCH3 is 1. The monoisotopic (exact) mass is 412 g/mol. The zero-order chi connectivity index (χ0) is 21.8. The highest BCUT2D eigenvalue weighted by Crippen LogP contribution is 2.30. The Kier molecular flexibility index (Phi) is 5.85. The zero-order valence-corrected chi connectivity index (χ0v) is 17.6. The van der Waals surface area contributed by atoms with Gasteiger partial charge in [0, 0.05) is 12.2 Å². The third kappa shape index (κ3) is 4.36. The molecule has 0 saturated carbocycles. The maximum absolute atomic E-state index is 13.3. The molecule has 0 unspecified atom stereocenters. The number of carbonyl (C=O) groups excluding carboxylic acids is 2. The van der Waals surface area contributed by atoms with Crippen LogP contribution >= 0.6 is 0 Å². The number of anilines is 1. The van der Waals surface area contributed by atoms with Crippen molar-refractivity contribution in [3.63, 3.8) is 0 Å². The third-order valence-electron chi connectivity index (χ3n) is 5.33. The van der Waals surface area contributed by atoms with Crippen LogP contribution in [0.25, 0.3) is 5.57 Å². The van der Waals surface area contributed by atoms with Gasteiger partial charge in [0.2, 0.25) is 0 Å². The molecule has 5 heteroatoms. The molecule has 3 aromatic rings. The van der Waals surface area contributed by atoms with Crippen LogP contribution in [0, 0.1) is 6.92 Å². The number of aryl methyl sites for hydroxylation is 1. The molecule has 3 aromatic carbocycles. The van der Waals surface area contributed by atoms with Gasteiger partial charge in [-0.1, -0.05) is 60.2 Å². The Morgan fingerprint density at radius 1 is 0.839 bits per heavy atom. The Labute approximate surface area is 182 Å². The van der Waals surface area contributed by atoms with E-state index in [1.165, 1.54) is 4.90 Å². The van der Waals surface area contributed by atoms with Gasteiger partial charge in [0.1, 0.15) is 11.4 Å². The minimum atomic E-state index is -0.307. The van der Waals surface area contributed by atoms with E-state index in [2.05, 4.69) is 5.32 Å². The van der Waals surface area contributed by atoms with Gasteiger partial charge >= 0.3 is 0 Å². The number of nitrogens with one attached hydrogen (secondary N) is 1. The lowest BCUT2D eigenvalue weighted by Crippen LogP contribution is -2.34. The summed E-state index contributed by atoms with van der Waals surface area (Å²) in [4.78, 5) is 27.9. The van der Waals surface area contributed by atoms with Crippen LogP contribution in [0.15, 0.2) is 84.6 Å². The standard InChI is InChI=1S/C26H24N2O3/c1-18-8-12-21(13-9-18)27-24-23(20-6-4-3-5-7-20)25(29)28(26(24)30)17-16-19-10-14-22(31-2)15-11-19/h3-15,27H,16-17H2,1-2H3. The molecule has 1 aliphatic heterocycles. The van der Waals surface area contributed by atoms with Gasteiger partial charge in [-0.3, -0.25) is 14.5 Å². The van der Waals surface area contributed by atoms with Crippen molar-refractivity contribution in [2.45, 2.75) is 13.3 Å². The van der Waals surface area contributed by atoms with E-state index >= 15 is 0 Å². The van der Waals surface area contributed by atoms with E-state index in [9.17, 15) is 9.59 Å². The summed E-state index contributed by atoms with van der Waals surface area (Å²) >= 11 is 0. The van der Waals surface area contributed by atoms with Crippen LogP contribution in [0.2, 0.25) is 0 Å². The number of carbonyl (C=O) groups is 2. The lowest BCUT2D eigenvalue weighted by Gasteiger charge is -2.15. The summed E-state index contributed by atoms with van der Waals surface area (Å²) in [5.74, 6) is 0.187. The molecule has 1 heterocycles. The first-order chi connectivity index (χ1) is 15.1. The Bertz CT molecular complexity index is 1120. The van der Waals surface area contributed by atoms with E-state index in [0.717, 1.165) is 28.1 Å².